The van der Waals surface area contributed by atoms with Crippen molar-refractivity contribution in [3.05, 3.63) is 47.3 Å². The summed E-state index contributed by atoms with van der Waals surface area (Å²) >= 11 is 0. The molecule has 2 rings (SSSR count). The SMILES string of the molecule is CCC(CC)c1cc(CNC(=NC)NCC(=O)NCc2ccc(OC)cc2)on1. The number of carbonyl (C=O) groups excluding carboxylic acids is 1. The Morgan fingerprint density at radius 1 is 1.14 bits per heavy atom. The highest BCUT2D eigenvalue weighted by Gasteiger charge is 2.13. The van der Waals surface area contributed by atoms with Gasteiger partial charge in [0.15, 0.2) is 11.7 Å². The number of amides is 1. The van der Waals surface area contributed by atoms with Gasteiger partial charge in [0.25, 0.3) is 0 Å². The number of hydrogen-bond acceptors (Lipinski definition) is 5. The largest absolute Gasteiger partial charge is 0.497 e. The zero-order chi connectivity index (χ0) is 21.1. The van der Waals surface area contributed by atoms with E-state index in [1.54, 1.807) is 14.2 Å². The lowest BCUT2D eigenvalue weighted by molar-refractivity contribution is -0.120. The molecule has 3 N–H and O–H groups in total. The summed E-state index contributed by atoms with van der Waals surface area (Å²) in [5, 5.41) is 13.1. The molecule has 0 atom stereocenters. The minimum Gasteiger partial charge on any atom is -0.497 e. The lowest BCUT2D eigenvalue weighted by Gasteiger charge is -2.11. The Morgan fingerprint density at radius 2 is 1.86 bits per heavy atom. The Hall–Kier alpha value is -3.03. The number of hydrogen-bond donors (Lipinski definition) is 3. The second-order valence-corrected chi connectivity index (χ2v) is 6.64. The molecule has 0 saturated heterocycles. The summed E-state index contributed by atoms with van der Waals surface area (Å²) in [7, 11) is 3.28. The predicted octanol–water partition coefficient (Wildman–Crippen LogP) is 2.57. The van der Waals surface area contributed by atoms with E-state index in [-0.39, 0.29) is 12.5 Å². The number of ether oxygens (including phenoxy) is 1. The molecule has 0 aliphatic heterocycles. The normalized spacial score (nSPS) is 11.4. The van der Waals surface area contributed by atoms with Crippen molar-refractivity contribution in [3.8, 4) is 5.75 Å². The number of nitrogens with one attached hydrogen (secondary N) is 3. The first-order valence-electron chi connectivity index (χ1n) is 9.89. The third kappa shape index (κ3) is 7.14. The number of methoxy groups -OCH3 is 1. The molecule has 0 radical (unpaired) electrons. The Balaban J connectivity index is 1.73. The molecular weight excluding hydrogens is 370 g/mol. The summed E-state index contributed by atoms with van der Waals surface area (Å²) in [6.07, 6.45) is 2.07. The van der Waals surface area contributed by atoms with E-state index in [2.05, 4.69) is 39.9 Å². The molecule has 1 amide bonds. The van der Waals surface area contributed by atoms with Crippen LogP contribution in [0, 0.1) is 0 Å². The molecule has 158 valence electrons. The van der Waals surface area contributed by atoms with E-state index in [0.717, 1.165) is 35.6 Å². The minimum atomic E-state index is -0.126. The minimum absolute atomic E-state index is 0.116. The van der Waals surface area contributed by atoms with Crippen molar-refractivity contribution >= 4 is 11.9 Å². The van der Waals surface area contributed by atoms with E-state index in [9.17, 15) is 4.79 Å². The van der Waals surface area contributed by atoms with E-state index in [1.165, 1.54) is 0 Å². The van der Waals surface area contributed by atoms with Crippen molar-refractivity contribution in [1.29, 1.82) is 0 Å². The molecule has 29 heavy (non-hydrogen) atoms. The molecule has 0 bridgehead atoms. The van der Waals surface area contributed by atoms with Gasteiger partial charge >= 0.3 is 0 Å². The smallest absolute Gasteiger partial charge is 0.239 e. The summed E-state index contributed by atoms with van der Waals surface area (Å²) in [4.78, 5) is 16.2. The van der Waals surface area contributed by atoms with Gasteiger partial charge in [0.1, 0.15) is 5.75 Å². The maximum Gasteiger partial charge on any atom is 0.239 e. The highest BCUT2D eigenvalue weighted by atomic mass is 16.5. The molecular formula is C21H31N5O3. The van der Waals surface area contributed by atoms with Crippen LogP contribution in [0.15, 0.2) is 39.8 Å². The van der Waals surface area contributed by atoms with Crippen molar-refractivity contribution in [3.63, 3.8) is 0 Å². The van der Waals surface area contributed by atoms with E-state index < -0.39 is 0 Å². The fourth-order valence-electron chi connectivity index (χ4n) is 2.87. The van der Waals surface area contributed by atoms with E-state index >= 15 is 0 Å². The molecule has 0 aliphatic rings. The van der Waals surface area contributed by atoms with Gasteiger partial charge in [0, 0.05) is 25.6 Å². The van der Waals surface area contributed by atoms with Gasteiger partial charge in [-0.05, 0) is 30.5 Å². The zero-order valence-electron chi connectivity index (χ0n) is 17.6. The highest BCUT2D eigenvalue weighted by Crippen LogP contribution is 2.22. The summed E-state index contributed by atoms with van der Waals surface area (Å²) < 4.78 is 10.5. The molecule has 2 aromatic rings. The Labute approximate surface area is 172 Å². The van der Waals surface area contributed by atoms with Crippen LogP contribution in [0.25, 0.3) is 0 Å². The first-order chi connectivity index (χ1) is 14.1. The van der Waals surface area contributed by atoms with Crippen molar-refractivity contribution < 1.29 is 14.1 Å². The Bertz CT molecular complexity index is 782. The van der Waals surface area contributed by atoms with Crippen LogP contribution in [0.3, 0.4) is 0 Å². The number of benzene rings is 1. The second-order valence-electron chi connectivity index (χ2n) is 6.64. The Morgan fingerprint density at radius 3 is 2.48 bits per heavy atom. The standard InChI is InChI=1S/C21H31N5O3/c1-5-16(6-2)19-11-18(29-26-19)13-24-21(22-3)25-14-20(27)23-12-15-7-9-17(28-4)10-8-15/h7-11,16H,5-6,12-14H2,1-4H3,(H,23,27)(H2,22,24,25). The fourth-order valence-corrected chi connectivity index (χ4v) is 2.87. The van der Waals surface area contributed by atoms with Crippen LogP contribution in [0.4, 0.5) is 0 Å². The summed E-state index contributed by atoms with van der Waals surface area (Å²) in [5.41, 5.74) is 1.98. The van der Waals surface area contributed by atoms with Crippen molar-refractivity contribution in [2.75, 3.05) is 20.7 Å². The lowest BCUT2D eigenvalue weighted by atomic mass is 9.99. The average molecular weight is 402 g/mol. The number of rotatable bonds is 10. The van der Waals surface area contributed by atoms with Crippen molar-refractivity contribution in [2.24, 2.45) is 4.99 Å². The van der Waals surface area contributed by atoms with Crippen molar-refractivity contribution in [2.45, 2.75) is 45.7 Å². The number of aromatic nitrogens is 1. The van der Waals surface area contributed by atoms with Gasteiger partial charge < -0.3 is 25.2 Å². The third-order valence-corrected chi connectivity index (χ3v) is 4.70. The number of guanidine groups is 1. The quantitative estimate of drug-likeness (QED) is 0.418. The molecule has 8 heteroatoms. The van der Waals surface area contributed by atoms with Crippen LogP contribution in [0.2, 0.25) is 0 Å². The molecule has 8 nitrogen and oxygen atoms in total. The summed E-state index contributed by atoms with van der Waals surface area (Å²) in [5.74, 6) is 2.33. The van der Waals surface area contributed by atoms with Crippen molar-refractivity contribution in [1.82, 2.24) is 21.1 Å². The van der Waals surface area contributed by atoms with Gasteiger partial charge in [0.2, 0.25) is 5.91 Å². The van der Waals surface area contributed by atoms with E-state index in [4.69, 9.17) is 9.26 Å². The molecule has 0 fully saturated rings. The first kappa shape index (κ1) is 22.3. The first-order valence-corrected chi connectivity index (χ1v) is 9.89. The van der Waals surface area contributed by atoms with Gasteiger partial charge in [-0.2, -0.15) is 0 Å². The second kappa shape index (κ2) is 11.7. The molecule has 0 spiro atoms. The van der Waals surface area contributed by atoms with Gasteiger partial charge in [-0.1, -0.05) is 31.1 Å². The van der Waals surface area contributed by atoms with Gasteiger partial charge in [-0.3, -0.25) is 9.79 Å². The highest BCUT2D eigenvalue weighted by molar-refractivity contribution is 5.86. The van der Waals surface area contributed by atoms with E-state index in [1.807, 2.05) is 30.3 Å². The van der Waals surface area contributed by atoms with Crippen LogP contribution < -0.4 is 20.7 Å². The van der Waals surface area contributed by atoms with Crippen LogP contribution in [0.5, 0.6) is 5.75 Å². The molecule has 1 aromatic carbocycles. The zero-order valence-corrected chi connectivity index (χ0v) is 17.6. The van der Waals surface area contributed by atoms with Gasteiger partial charge in [-0.15, -0.1) is 0 Å². The molecule has 0 unspecified atom stereocenters. The summed E-state index contributed by atoms with van der Waals surface area (Å²) in [6, 6.07) is 9.54. The van der Waals surface area contributed by atoms with Crippen LogP contribution in [0.1, 0.15) is 49.6 Å². The number of aliphatic imine (C=N–C) groups is 1. The number of nitrogens with zero attached hydrogens (tertiary/aromatic N) is 2. The monoisotopic (exact) mass is 401 g/mol. The molecule has 0 saturated carbocycles. The Kier molecular flexibility index (Phi) is 9.01. The van der Waals surface area contributed by atoms with Gasteiger partial charge in [-0.25, -0.2) is 0 Å². The predicted molar refractivity (Wildman–Crippen MR) is 113 cm³/mol. The van der Waals surface area contributed by atoms with Gasteiger partial charge in [0.05, 0.1) is 25.9 Å². The third-order valence-electron chi connectivity index (χ3n) is 4.70. The van der Waals surface area contributed by atoms with Crippen LogP contribution in [-0.4, -0.2) is 37.7 Å². The molecule has 1 aromatic heterocycles. The fraction of sp³-hybridized carbons (Fsp3) is 0.476. The maximum absolute atomic E-state index is 12.1. The van der Waals surface area contributed by atoms with Crippen LogP contribution in [-0.2, 0) is 17.9 Å². The lowest BCUT2D eigenvalue weighted by Crippen LogP contribution is -2.42. The summed E-state index contributed by atoms with van der Waals surface area (Å²) in [6.45, 7) is 5.30. The topological polar surface area (TPSA) is 101 Å². The average Bonchev–Trinajstić information content (AvgIpc) is 3.22. The molecule has 1 heterocycles. The maximum atomic E-state index is 12.1. The number of carbonyl (C=O) groups is 1. The van der Waals surface area contributed by atoms with Crippen LogP contribution >= 0.6 is 0 Å². The molecule has 0 aliphatic carbocycles. The van der Waals surface area contributed by atoms with E-state index in [0.29, 0.717) is 25.0 Å².